The van der Waals surface area contributed by atoms with Crippen molar-refractivity contribution in [2.45, 2.75) is 38.5 Å². The Labute approximate surface area is 139 Å². The molecule has 0 unspecified atom stereocenters. The number of rotatable bonds is 4. The van der Waals surface area contributed by atoms with Crippen molar-refractivity contribution in [1.29, 1.82) is 0 Å². The number of nitrogens with one attached hydrogen (secondary N) is 1. The molecule has 2 aromatic heterocycles. The van der Waals surface area contributed by atoms with Gasteiger partial charge in [0.15, 0.2) is 5.65 Å². The van der Waals surface area contributed by atoms with E-state index in [-0.39, 0.29) is 12.0 Å². The molecule has 0 atom stereocenters. The van der Waals surface area contributed by atoms with E-state index in [2.05, 4.69) is 27.1 Å². The Morgan fingerprint density at radius 2 is 2.22 bits per heavy atom. The van der Waals surface area contributed by atoms with Crippen LogP contribution in [0.1, 0.15) is 44.2 Å². The molecule has 3 heterocycles. The zero-order valence-electron chi connectivity index (χ0n) is 13.1. The molecule has 0 aromatic carbocycles. The number of ether oxygens (including phenoxy) is 1. The van der Waals surface area contributed by atoms with E-state index in [0.717, 1.165) is 36.8 Å². The van der Waals surface area contributed by atoms with Crippen molar-refractivity contribution in [1.82, 2.24) is 25.1 Å². The number of amides is 1. The van der Waals surface area contributed by atoms with Crippen LogP contribution in [0.4, 0.5) is 4.79 Å². The number of piperidine rings is 1. The molecule has 2 aromatic rings. The third kappa shape index (κ3) is 3.39. The lowest BCUT2D eigenvalue weighted by Crippen LogP contribution is -2.38. The van der Waals surface area contributed by atoms with Crippen LogP contribution in [-0.2, 0) is 4.74 Å². The van der Waals surface area contributed by atoms with Crippen LogP contribution in [0, 0.1) is 0 Å². The number of unbranched alkanes of at least 4 members (excludes halogenated alkanes) is 1. The Morgan fingerprint density at radius 3 is 2.96 bits per heavy atom. The van der Waals surface area contributed by atoms with E-state index in [9.17, 15) is 4.79 Å². The second-order valence-electron chi connectivity index (χ2n) is 5.73. The summed E-state index contributed by atoms with van der Waals surface area (Å²) in [5, 5.41) is 8.44. The minimum absolute atomic E-state index is 0.215. The highest BCUT2D eigenvalue weighted by molar-refractivity contribution is 6.34. The lowest BCUT2D eigenvalue weighted by Gasteiger charge is -2.30. The smallest absolute Gasteiger partial charge is 0.409 e. The highest BCUT2D eigenvalue weighted by Crippen LogP contribution is 2.33. The van der Waals surface area contributed by atoms with Crippen LogP contribution >= 0.6 is 11.6 Å². The zero-order valence-corrected chi connectivity index (χ0v) is 13.8. The number of nitrogens with zero attached hydrogens (tertiary/aromatic N) is 4. The van der Waals surface area contributed by atoms with Gasteiger partial charge < -0.3 is 9.64 Å². The molecule has 0 bridgehead atoms. The van der Waals surface area contributed by atoms with Crippen LogP contribution in [-0.4, -0.2) is 50.9 Å². The Hall–Kier alpha value is -1.89. The van der Waals surface area contributed by atoms with Gasteiger partial charge >= 0.3 is 6.09 Å². The summed E-state index contributed by atoms with van der Waals surface area (Å²) >= 11 is 6.18. The Kier molecular flexibility index (Phi) is 4.95. The van der Waals surface area contributed by atoms with Crippen molar-refractivity contribution in [3.05, 3.63) is 17.2 Å². The number of carbonyl (C=O) groups is 1. The summed E-state index contributed by atoms with van der Waals surface area (Å²) in [6.07, 6.45) is 4.79. The van der Waals surface area contributed by atoms with Crippen molar-refractivity contribution in [3.8, 4) is 0 Å². The molecule has 1 N–H and O–H groups in total. The molecule has 7 nitrogen and oxygen atoms in total. The standard InChI is InChI=1S/C15H20ClN5O2/c1-2-3-8-23-15(22)21-6-4-10(5-7-21)12-11-13(16)17-9-18-14(11)20-19-12/h9-10H,2-8H2,1H3,(H,17,18,19,20). The van der Waals surface area contributed by atoms with Crippen LogP contribution in [0.15, 0.2) is 6.33 Å². The van der Waals surface area contributed by atoms with Gasteiger partial charge in [0, 0.05) is 19.0 Å². The first kappa shape index (κ1) is 16.0. The average molecular weight is 338 g/mol. The number of carbonyl (C=O) groups excluding carboxylic acids is 1. The lowest BCUT2D eigenvalue weighted by molar-refractivity contribution is 0.0914. The second-order valence-corrected chi connectivity index (χ2v) is 6.09. The van der Waals surface area contributed by atoms with Crippen LogP contribution in [0.3, 0.4) is 0 Å². The van der Waals surface area contributed by atoms with E-state index in [1.165, 1.54) is 6.33 Å². The fourth-order valence-corrected chi connectivity index (χ4v) is 3.11. The fraction of sp³-hybridized carbons (Fsp3) is 0.600. The molecule has 3 rings (SSSR count). The monoisotopic (exact) mass is 337 g/mol. The first-order valence-electron chi connectivity index (χ1n) is 7.97. The molecule has 0 radical (unpaired) electrons. The topological polar surface area (TPSA) is 84.0 Å². The van der Waals surface area contributed by atoms with E-state index >= 15 is 0 Å². The van der Waals surface area contributed by atoms with Crippen molar-refractivity contribution >= 4 is 28.7 Å². The molecule has 0 aliphatic carbocycles. The summed E-state index contributed by atoms with van der Waals surface area (Å²) < 4.78 is 5.26. The molecular weight excluding hydrogens is 318 g/mol. The van der Waals surface area contributed by atoms with Crippen molar-refractivity contribution in [2.75, 3.05) is 19.7 Å². The van der Waals surface area contributed by atoms with E-state index in [0.29, 0.717) is 30.5 Å². The molecule has 1 fully saturated rings. The van der Waals surface area contributed by atoms with Crippen molar-refractivity contribution < 1.29 is 9.53 Å². The van der Waals surface area contributed by atoms with Crippen LogP contribution in [0.2, 0.25) is 5.15 Å². The van der Waals surface area contributed by atoms with Crippen molar-refractivity contribution in [3.63, 3.8) is 0 Å². The maximum Gasteiger partial charge on any atom is 0.409 e. The Morgan fingerprint density at radius 1 is 1.43 bits per heavy atom. The quantitative estimate of drug-likeness (QED) is 0.684. The number of halogens is 1. The normalized spacial score (nSPS) is 16.0. The molecule has 0 saturated carbocycles. The summed E-state index contributed by atoms with van der Waals surface area (Å²) in [5.41, 5.74) is 1.55. The predicted molar refractivity (Wildman–Crippen MR) is 86.5 cm³/mol. The van der Waals surface area contributed by atoms with Gasteiger partial charge in [0.2, 0.25) is 0 Å². The largest absolute Gasteiger partial charge is 0.449 e. The average Bonchev–Trinajstić information content (AvgIpc) is 3.01. The third-order valence-electron chi connectivity index (χ3n) is 4.22. The van der Waals surface area contributed by atoms with Gasteiger partial charge in [-0.1, -0.05) is 24.9 Å². The van der Waals surface area contributed by atoms with Gasteiger partial charge in [-0.05, 0) is 19.3 Å². The second kappa shape index (κ2) is 7.12. The van der Waals surface area contributed by atoms with Gasteiger partial charge in [-0.15, -0.1) is 0 Å². The summed E-state index contributed by atoms with van der Waals surface area (Å²) in [5.74, 6) is 0.267. The van der Waals surface area contributed by atoms with E-state index in [1.807, 2.05) is 0 Å². The lowest BCUT2D eigenvalue weighted by atomic mass is 9.92. The minimum Gasteiger partial charge on any atom is -0.449 e. The number of hydrogen-bond acceptors (Lipinski definition) is 5. The van der Waals surface area contributed by atoms with Gasteiger partial charge in [-0.2, -0.15) is 5.10 Å². The minimum atomic E-state index is -0.215. The van der Waals surface area contributed by atoms with Crippen LogP contribution in [0.5, 0.6) is 0 Å². The first-order chi connectivity index (χ1) is 11.2. The van der Waals surface area contributed by atoms with Gasteiger partial charge in [-0.3, -0.25) is 5.10 Å². The number of H-pyrrole nitrogens is 1. The van der Waals surface area contributed by atoms with Gasteiger partial charge in [0.25, 0.3) is 0 Å². The van der Waals surface area contributed by atoms with Crippen LogP contribution in [0.25, 0.3) is 11.0 Å². The molecule has 124 valence electrons. The number of aromatic amines is 1. The summed E-state index contributed by atoms with van der Waals surface area (Å²) in [7, 11) is 0. The highest BCUT2D eigenvalue weighted by Gasteiger charge is 2.27. The third-order valence-corrected chi connectivity index (χ3v) is 4.50. The molecule has 0 spiro atoms. The summed E-state index contributed by atoms with van der Waals surface area (Å²) in [6, 6.07) is 0. The number of likely N-dealkylation sites (tertiary alicyclic amines) is 1. The molecule has 23 heavy (non-hydrogen) atoms. The summed E-state index contributed by atoms with van der Waals surface area (Å²) in [4.78, 5) is 21.9. The zero-order chi connectivity index (χ0) is 16.2. The SMILES string of the molecule is CCCCOC(=O)N1CCC(c2[nH]nc3ncnc(Cl)c23)CC1. The Balaban J connectivity index is 1.63. The Bertz CT molecular complexity index is 682. The predicted octanol–water partition coefficient (Wildman–Crippen LogP) is 3.12. The molecular formula is C15H20ClN5O2. The molecule has 1 aliphatic rings. The molecule has 1 aliphatic heterocycles. The number of fused-ring (bicyclic) bond motifs is 1. The van der Waals surface area contributed by atoms with Gasteiger partial charge in [-0.25, -0.2) is 14.8 Å². The van der Waals surface area contributed by atoms with Gasteiger partial charge in [0.05, 0.1) is 17.7 Å². The van der Waals surface area contributed by atoms with Crippen LogP contribution < -0.4 is 0 Å². The summed E-state index contributed by atoms with van der Waals surface area (Å²) in [6.45, 7) is 3.90. The van der Waals surface area contributed by atoms with Crippen molar-refractivity contribution in [2.24, 2.45) is 0 Å². The first-order valence-corrected chi connectivity index (χ1v) is 8.34. The molecule has 8 heteroatoms. The van der Waals surface area contributed by atoms with E-state index in [4.69, 9.17) is 16.3 Å². The van der Waals surface area contributed by atoms with E-state index < -0.39 is 0 Å². The molecule has 1 amide bonds. The maximum atomic E-state index is 12.0. The molecule has 1 saturated heterocycles. The highest BCUT2D eigenvalue weighted by atomic mass is 35.5. The maximum absolute atomic E-state index is 12.0. The number of aromatic nitrogens is 4. The fourth-order valence-electron chi connectivity index (χ4n) is 2.88. The number of hydrogen-bond donors (Lipinski definition) is 1. The van der Waals surface area contributed by atoms with Gasteiger partial charge in [0.1, 0.15) is 11.5 Å². The van der Waals surface area contributed by atoms with E-state index in [1.54, 1.807) is 4.90 Å².